The predicted octanol–water partition coefficient (Wildman–Crippen LogP) is 1.92. The van der Waals surface area contributed by atoms with Crippen molar-refractivity contribution in [1.82, 2.24) is 10.2 Å². The van der Waals surface area contributed by atoms with E-state index in [-0.39, 0.29) is 0 Å². The number of likely N-dealkylation sites (N-methyl/N-ethyl adjacent to an activating group) is 1. The highest BCUT2D eigenvalue weighted by Crippen LogP contribution is 2.19. The Morgan fingerprint density at radius 3 is 2.58 bits per heavy atom. The Morgan fingerprint density at radius 2 is 1.95 bits per heavy atom. The van der Waals surface area contributed by atoms with Gasteiger partial charge in [-0.25, -0.2) is 0 Å². The molecule has 0 radical (unpaired) electrons. The van der Waals surface area contributed by atoms with Gasteiger partial charge in [-0.2, -0.15) is 0 Å². The quantitative estimate of drug-likeness (QED) is 0.896. The third-order valence-electron chi connectivity index (χ3n) is 4.25. The van der Waals surface area contributed by atoms with E-state index in [9.17, 15) is 0 Å². The van der Waals surface area contributed by atoms with Gasteiger partial charge in [-0.3, -0.25) is 4.99 Å². The van der Waals surface area contributed by atoms with Gasteiger partial charge in [0.25, 0.3) is 0 Å². The van der Waals surface area contributed by atoms with E-state index >= 15 is 0 Å². The van der Waals surface area contributed by atoms with Crippen LogP contribution >= 0.6 is 0 Å². The van der Waals surface area contributed by atoms with E-state index in [1.165, 1.54) is 43.5 Å². The summed E-state index contributed by atoms with van der Waals surface area (Å²) >= 11 is 0. The van der Waals surface area contributed by atoms with E-state index in [0.29, 0.717) is 0 Å². The third kappa shape index (κ3) is 2.98. The van der Waals surface area contributed by atoms with E-state index < -0.39 is 0 Å². The maximum absolute atomic E-state index is 4.57. The van der Waals surface area contributed by atoms with E-state index in [2.05, 4.69) is 46.5 Å². The summed E-state index contributed by atoms with van der Waals surface area (Å²) < 4.78 is 0. The lowest BCUT2D eigenvalue weighted by Crippen LogP contribution is -2.28. The lowest BCUT2D eigenvalue weighted by Gasteiger charge is -2.22. The number of benzene rings is 1. The van der Waals surface area contributed by atoms with Gasteiger partial charge in [-0.05, 0) is 43.8 Å². The van der Waals surface area contributed by atoms with Crippen LogP contribution in [0, 0.1) is 5.92 Å². The highest BCUT2D eigenvalue weighted by atomic mass is 15.2. The maximum atomic E-state index is 4.57. The Hall–Kier alpha value is -1.35. The van der Waals surface area contributed by atoms with Crippen molar-refractivity contribution in [3.8, 4) is 0 Å². The molecule has 2 aliphatic rings. The summed E-state index contributed by atoms with van der Waals surface area (Å²) in [6.45, 7) is 4.35. The lowest BCUT2D eigenvalue weighted by molar-refractivity contribution is 0.372. The van der Waals surface area contributed by atoms with Crippen LogP contribution < -0.4 is 5.32 Å². The SMILES string of the molecule is CN1CCN=C1c1ccc(CC2CCNCC2)cc1. The van der Waals surface area contributed by atoms with Crippen LogP contribution in [0.15, 0.2) is 29.3 Å². The van der Waals surface area contributed by atoms with Crippen LogP contribution in [0.5, 0.6) is 0 Å². The smallest absolute Gasteiger partial charge is 0.130 e. The topological polar surface area (TPSA) is 27.6 Å². The molecule has 0 atom stereocenters. The molecule has 1 saturated heterocycles. The van der Waals surface area contributed by atoms with E-state index in [4.69, 9.17) is 0 Å². The van der Waals surface area contributed by atoms with Crippen LogP contribution in [0.2, 0.25) is 0 Å². The zero-order valence-electron chi connectivity index (χ0n) is 11.7. The van der Waals surface area contributed by atoms with E-state index in [0.717, 1.165) is 24.8 Å². The molecule has 0 aromatic heterocycles. The van der Waals surface area contributed by atoms with Crippen LogP contribution in [0.25, 0.3) is 0 Å². The fourth-order valence-electron chi connectivity index (χ4n) is 3.05. The van der Waals surface area contributed by atoms with Crippen molar-refractivity contribution in [2.75, 3.05) is 33.2 Å². The fourth-order valence-corrected chi connectivity index (χ4v) is 3.05. The molecular formula is C16H23N3. The largest absolute Gasteiger partial charge is 0.358 e. The minimum absolute atomic E-state index is 0.860. The van der Waals surface area contributed by atoms with Crippen molar-refractivity contribution in [3.63, 3.8) is 0 Å². The fraction of sp³-hybridized carbons (Fsp3) is 0.562. The number of piperidine rings is 1. The molecule has 2 aliphatic heterocycles. The zero-order valence-corrected chi connectivity index (χ0v) is 11.7. The van der Waals surface area contributed by atoms with Crippen molar-refractivity contribution >= 4 is 5.84 Å². The average molecular weight is 257 g/mol. The summed E-state index contributed by atoms with van der Waals surface area (Å²) in [7, 11) is 2.12. The molecule has 1 N–H and O–H groups in total. The Morgan fingerprint density at radius 1 is 1.21 bits per heavy atom. The van der Waals surface area contributed by atoms with Gasteiger partial charge in [0.05, 0.1) is 6.54 Å². The molecule has 19 heavy (non-hydrogen) atoms. The summed E-state index contributed by atoms with van der Waals surface area (Å²) in [5, 5.41) is 3.43. The molecule has 3 rings (SSSR count). The monoisotopic (exact) mass is 257 g/mol. The predicted molar refractivity (Wildman–Crippen MR) is 79.8 cm³/mol. The number of nitrogens with zero attached hydrogens (tertiary/aromatic N) is 2. The number of nitrogens with one attached hydrogen (secondary N) is 1. The van der Waals surface area contributed by atoms with Gasteiger partial charge in [0.15, 0.2) is 0 Å². The molecule has 2 heterocycles. The van der Waals surface area contributed by atoms with Gasteiger partial charge in [0.2, 0.25) is 0 Å². The molecule has 1 aromatic carbocycles. The van der Waals surface area contributed by atoms with Crippen molar-refractivity contribution in [2.45, 2.75) is 19.3 Å². The maximum Gasteiger partial charge on any atom is 0.130 e. The normalized spacial score (nSPS) is 20.7. The van der Waals surface area contributed by atoms with Crippen molar-refractivity contribution < 1.29 is 0 Å². The highest BCUT2D eigenvalue weighted by molar-refractivity contribution is 5.99. The van der Waals surface area contributed by atoms with Crippen LogP contribution in [0.3, 0.4) is 0 Å². The van der Waals surface area contributed by atoms with Gasteiger partial charge in [-0.1, -0.05) is 24.3 Å². The van der Waals surface area contributed by atoms with Crippen LogP contribution in [-0.4, -0.2) is 44.0 Å². The first-order valence-corrected chi connectivity index (χ1v) is 7.38. The Kier molecular flexibility index (Phi) is 3.83. The van der Waals surface area contributed by atoms with Crippen LogP contribution in [0.1, 0.15) is 24.0 Å². The molecule has 0 unspecified atom stereocenters. The molecule has 1 aromatic rings. The second-order valence-corrected chi connectivity index (χ2v) is 5.72. The molecule has 1 fully saturated rings. The van der Waals surface area contributed by atoms with Crippen LogP contribution in [0.4, 0.5) is 0 Å². The Balaban J connectivity index is 1.65. The van der Waals surface area contributed by atoms with E-state index in [1.54, 1.807) is 0 Å². The molecule has 0 bridgehead atoms. The summed E-state index contributed by atoms with van der Waals surface area (Å²) in [5.41, 5.74) is 2.73. The minimum atomic E-state index is 0.860. The molecule has 0 spiro atoms. The Bertz CT molecular complexity index is 444. The summed E-state index contributed by atoms with van der Waals surface area (Å²) in [6, 6.07) is 9.03. The first-order valence-electron chi connectivity index (χ1n) is 7.38. The molecule has 0 amide bonds. The molecule has 0 aliphatic carbocycles. The second kappa shape index (κ2) is 5.74. The summed E-state index contributed by atoms with van der Waals surface area (Å²) in [6.07, 6.45) is 3.86. The van der Waals surface area contributed by atoms with E-state index in [1.807, 2.05) is 0 Å². The van der Waals surface area contributed by atoms with Gasteiger partial charge >= 0.3 is 0 Å². The second-order valence-electron chi connectivity index (χ2n) is 5.72. The number of aliphatic imine (C=N–C) groups is 1. The molecular weight excluding hydrogens is 234 g/mol. The molecule has 0 saturated carbocycles. The first-order chi connectivity index (χ1) is 9.33. The van der Waals surface area contributed by atoms with Crippen molar-refractivity contribution in [2.24, 2.45) is 10.9 Å². The van der Waals surface area contributed by atoms with Crippen molar-refractivity contribution in [3.05, 3.63) is 35.4 Å². The number of amidine groups is 1. The van der Waals surface area contributed by atoms with Crippen molar-refractivity contribution in [1.29, 1.82) is 0 Å². The number of hydrogen-bond acceptors (Lipinski definition) is 3. The summed E-state index contributed by atoms with van der Waals surface area (Å²) in [4.78, 5) is 6.80. The average Bonchev–Trinajstić information content (AvgIpc) is 2.87. The standard InChI is InChI=1S/C16H23N3/c1-19-11-10-18-16(19)15-4-2-13(3-5-15)12-14-6-8-17-9-7-14/h2-5,14,17H,6-12H2,1H3. The number of rotatable bonds is 3. The first kappa shape index (κ1) is 12.7. The molecule has 102 valence electrons. The highest BCUT2D eigenvalue weighted by Gasteiger charge is 2.16. The summed E-state index contributed by atoms with van der Waals surface area (Å²) in [5.74, 6) is 2.01. The van der Waals surface area contributed by atoms with Gasteiger partial charge < -0.3 is 10.2 Å². The van der Waals surface area contributed by atoms with Gasteiger partial charge in [0, 0.05) is 19.2 Å². The van der Waals surface area contributed by atoms with Gasteiger partial charge in [-0.15, -0.1) is 0 Å². The van der Waals surface area contributed by atoms with Crippen LogP contribution in [-0.2, 0) is 6.42 Å². The zero-order chi connectivity index (χ0) is 13.1. The number of hydrogen-bond donors (Lipinski definition) is 1. The lowest BCUT2D eigenvalue weighted by atomic mass is 9.91. The molecule has 3 nitrogen and oxygen atoms in total. The molecule has 3 heteroatoms. The third-order valence-corrected chi connectivity index (χ3v) is 4.25. The van der Waals surface area contributed by atoms with Gasteiger partial charge in [0.1, 0.15) is 5.84 Å². The Labute approximate surface area is 115 Å². The minimum Gasteiger partial charge on any atom is -0.358 e.